The van der Waals surface area contributed by atoms with Crippen molar-refractivity contribution in [2.45, 2.75) is 59.5 Å². The molecule has 19 heavy (non-hydrogen) atoms. The van der Waals surface area contributed by atoms with Crippen molar-refractivity contribution in [1.82, 2.24) is 0 Å². The molecule has 0 bridgehead atoms. The molecule has 0 aromatic heterocycles. The van der Waals surface area contributed by atoms with Crippen molar-refractivity contribution in [3.05, 3.63) is 35.4 Å². The van der Waals surface area contributed by atoms with Gasteiger partial charge in [-0.15, -0.1) is 0 Å². The number of carbonyl (C=O) groups excluding carboxylic acids is 1. The van der Waals surface area contributed by atoms with Crippen molar-refractivity contribution in [2.24, 2.45) is 5.92 Å². The fourth-order valence-electron chi connectivity index (χ4n) is 1.93. The molecule has 0 aliphatic carbocycles. The van der Waals surface area contributed by atoms with Crippen molar-refractivity contribution < 1.29 is 9.53 Å². The number of benzene rings is 1. The van der Waals surface area contributed by atoms with Gasteiger partial charge >= 0.3 is 5.97 Å². The van der Waals surface area contributed by atoms with Crippen LogP contribution in [0.5, 0.6) is 0 Å². The average molecular weight is 262 g/mol. The summed E-state index contributed by atoms with van der Waals surface area (Å²) in [6.45, 7) is 10.3. The molecule has 0 fully saturated rings. The number of hydrogen-bond donors (Lipinski definition) is 0. The molecule has 0 aliphatic heterocycles. The van der Waals surface area contributed by atoms with E-state index < -0.39 is 0 Å². The van der Waals surface area contributed by atoms with Crippen LogP contribution in [0.3, 0.4) is 0 Å². The Balaban J connectivity index is 2.66. The predicted octanol–water partition coefficient (Wildman–Crippen LogP) is 4.33. The third kappa shape index (κ3) is 5.06. The number of carbonyl (C=O) groups is 1. The topological polar surface area (TPSA) is 26.3 Å². The lowest BCUT2D eigenvalue weighted by Crippen LogP contribution is -2.19. The van der Waals surface area contributed by atoms with E-state index in [1.165, 1.54) is 5.56 Å². The van der Waals surface area contributed by atoms with Gasteiger partial charge in [-0.25, -0.2) is 0 Å². The lowest BCUT2D eigenvalue weighted by Gasteiger charge is -2.16. The van der Waals surface area contributed by atoms with Crippen LogP contribution in [0.15, 0.2) is 24.3 Å². The minimum atomic E-state index is -0.193. The molecule has 0 unspecified atom stereocenters. The Labute approximate surface area is 117 Å². The first-order chi connectivity index (χ1) is 8.93. The normalized spacial score (nSPS) is 14.2. The smallest absolute Gasteiger partial charge is 0.313 e. The zero-order valence-electron chi connectivity index (χ0n) is 12.8. The molecule has 0 N–H and O–H groups in total. The minimum Gasteiger partial charge on any atom is -0.462 e. The second kappa shape index (κ2) is 7.32. The van der Waals surface area contributed by atoms with Crippen LogP contribution in [-0.2, 0) is 16.0 Å². The summed E-state index contributed by atoms with van der Waals surface area (Å²) in [6.07, 6.45) is 1.92. The van der Waals surface area contributed by atoms with Crippen molar-refractivity contribution in [2.75, 3.05) is 0 Å². The van der Waals surface area contributed by atoms with Gasteiger partial charge in [0.2, 0.25) is 0 Å². The molecule has 0 spiro atoms. The first-order valence-corrected chi connectivity index (χ1v) is 7.23. The molecule has 1 aromatic carbocycles. The first kappa shape index (κ1) is 15.7. The van der Waals surface area contributed by atoms with E-state index in [4.69, 9.17) is 4.74 Å². The highest BCUT2D eigenvalue weighted by molar-refractivity contribution is 5.77. The van der Waals surface area contributed by atoms with Crippen LogP contribution in [0.2, 0.25) is 0 Å². The summed E-state index contributed by atoms with van der Waals surface area (Å²) in [6, 6.07) is 8.31. The summed E-state index contributed by atoms with van der Waals surface area (Å²) in [5.41, 5.74) is 2.35. The summed E-state index contributed by atoms with van der Waals surface area (Å²) in [4.78, 5) is 12.0. The van der Waals surface area contributed by atoms with Gasteiger partial charge in [-0.3, -0.25) is 4.79 Å². The molecule has 0 saturated carbocycles. The van der Waals surface area contributed by atoms with Gasteiger partial charge in [0, 0.05) is 0 Å². The Morgan fingerprint density at radius 2 is 1.68 bits per heavy atom. The van der Waals surface area contributed by atoms with Crippen LogP contribution in [0.4, 0.5) is 0 Å². The van der Waals surface area contributed by atoms with Crippen LogP contribution in [0.1, 0.15) is 58.1 Å². The van der Waals surface area contributed by atoms with Gasteiger partial charge in [-0.1, -0.05) is 45.0 Å². The maximum absolute atomic E-state index is 12.0. The fourth-order valence-corrected chi connectivity index (χ4v) is 1.93. The number of rotatable bonds is 6. The Bertz CT molecular complexity index is 392. The first-order valence-electron chi connectivity index (χ1n) is 7.23. The van der Waals surface area contributed by atoms with E-state index in [1.54, 1.807) is 0 Å². The van der Waals surface area contributed by atoms with Gasteiger partial charge in [-0.05, 0) is 43.7 Å². The Morgan fingerprint density at radius 1 is 1.11 bits per heavy atom. The Morgan fingerprint density at radius 3 is 2.16 bits per heavy atom. The fraction of sp³-hybridized carbons (Fsp3) is 0.588. The zero-order chi connectivity index (χ0) is 14.4. The van der Waals surface area contributed by atoms with Crippen molar-refractivity contribution in [3.63, 3.8) is 0 Å². The third-order valence-electron chi connectivity index (χ3n) is 3.37. The summed E-state index contributed by atoms with van der Waals surface area (Å²) in [5, 5.41) is 0. The van der Waals surface area contributed by atoms with E-state index in [0.29, 0.717) is 5.92 Å². The molecule has 0 saturated heterocycles. The van der Waals surface area contributed by atoms with E-state index in [9.17, 15) is 4.79 Å². The lowest BCUT2D eigenvalue weighted by atomic mass is 9.97. The molecular formula is C17H26O2. The minimum absolute atomic E-state index is 0.00448. The molecule has 0 amide bonds. The largest absolute Gasteiger partial charge is 0.462 e. The number of ether oxygens (including phenoxy) is 1. The molecule has 1 rings (SSSR count). The zero-order valence-corrected chi connectivity index (χ0v) is 12.8. The van der Waals surface area contributed by atoms with Crippen LogP contribution in [0, 0.1) is 5.92 Å². The van der Waals surface area contributed by atoms with Gasteiger partial charge in [0.25, 0.3) is 0 Å². The molecule has 2 heteroatoms. The highest BCUT2D eigenvalue weighted by Gasteiger charge is 2.18. The van der Waals surface area contributed by atoms with E-state index >= 15 is 0 Å². The van der Waals surface area contributed by atoms with E-state index in [0.717, 1.165) is 18.4 Å². The average Bonchev–Trinajstić information content (AvgIpc) is 2.37. The van der Waals surface area contributed by atoms with Gasteiger partial charge < -0.3 is 4.74 Å². The number of esters is 1. The number of hydrogen-bond acceptors (Lipinski definition) is 2. The molecular weight excluding hydrogens is 236 g/mol. The van der Waals surface area contributed by atoms with Crippen molar-refractivity contribution in [3.8, 4) is 0 Å². The second-order valence-corrected chi connectivity index (χ2v) is 5.72. The SMILES string of the molecule is CC[C@H](C)OC(=O)[C@H](C)c1ccc(CC(C)C)cc1. The van der Waals surface area contributed by atoms with Gasteiger partial charge in [-0.2, -0.15) is 0 Å². The van der Waals surface area contributed by atoms with E-state index in [2.05, 4.69) is 26.0 Å². The lowest BCUT2D eigenvalue weighted by molar-refractivity contribution is -0.149. The van der Waals surface area contributed by atoms with Crippen LogP contribution >= 0.6 is 0 Å². The highest BCUT2D eigenvalue weighted by Crippen LogP contribution is 2.19. The molecule has 1 aromatic rings. The molecule has 2 atom stereocenters. The monoisotopic (exact) mass is 262 g/mol. The van der Waals surface area contributed by atoms with Crippen LogP contribution in [0.25, 0.3) is 0 Å². The quantitative estimate of drug-likeness (QED) is 0.713. The Kier molecular flexibility index (Phi) is 6.07. The molecule has 0 aliphatic rings. The summed E-state index contributed by atoms with van der Waals surface area (Å²) in [5.74, 6) is 0.326. The summed E-state index contributed by atoms with van der Waals surface area (Å²) >= 11 is 0. The third-order valence-corrected chi connectivity index (χ3v) is 3.37. The highest BCUT2D eigenvalue weighted by atomic mass is 16.5. The maximum Gasteiger partial charge on any atom is 0.313 e. The molecule has 106 valence electrons. The second-order valence-electron chi connectivity index (χ2n) is 5.72. The van der Waals surface area contributed by atoms with Crippen molar-refractivity contribution >= 4 is 5.97 Å². The maximum atomic E-state index is 12.0. The van der Waals surface area contributed by atoms with Gasteiger partial charge in [0.1, 0.15) is 0 Å². The molecule has 0 heterocycles. The van der Waals surface area contributed by atoms with Crippen LogP contribution in [-0.4, -0.2) is 12.1 Å². The molecule has 0 radical (unpaired) electrons. The van der Waals surface area contributed by atoms with Crippen molar-refractivity contribution in [1.29, 1.82) is 0 Å². The Hall–Kier alpha value is -1.31. The van der Waals surface area contributed by atoms with Gasteiger partial charge in [0.05, 0.1) is 12.0 Å². The predicted molar refractivity (Wildman–Crippen MR) is 79.2 cm³/mol. The summed E-state index contributed by atoms with van der Waals surface area (Å²) < 4.78 is 5.37. The van der Waals surface area contributed by atoms with Crippen LogP contribution < -0.4 is 0 Å². The summed E-state index contributed by atoms with van der Waals surface area (Å²) in [7, 11) is 0. The molecule has 2 nitrogen and oxygen atoms in total. The van der Waals surface area contributed by atoms with E-state index in [-0.39, 0.29) is 18.0 Å². The van der Waals surface area contributed by atoms with Gasteiger partial charge in [0.15, 0.2) is 0 Å². The van der Waals surface area contributed by atoms with E-state index in [1.807, 2.05) is 32.9 Å². The standard InChI is InChI=1S/C17H26O2/c1-6-13(4)19-17(18)14(5)16-9-7-15(8-10-16)11-12(2)3/h7-10,12-14H,6,11H2,1-5H3/t13-,14+/m0/s1.